The summed E-state index contributed by atoms with van der Waals surface area (Å²) >= 11 is 0. The minimum Gasteiger partial charge on any atom is -0.481 e. The van der Waals surface area contributed by atoms with Crippen LogP contribution in [0.2, 0.25) is 0 Å². The van der Waals surface area contributed by atoms with Crippen molar-refractivity contribution in [3.63, 3.8) is 0 Å². The first-order valence-corrected chi connectivity index (χ1v) is 5.93. The maximum absolute atomic E-state index is 11.9. The van der Waals surface area contributed by atoms with Crippen LogP contribution < -0.4 is 0 Å². The molecular weight excluding hydrogens is 222 g/mol. The Kier molecular flexibility index (Phi) is 4.14. The fraction of sp³-hybridized carbons (Fsp3) is 0.833. The standard InChI is InChI=1S/C12H21NO4/c1-8(2)12(3,11(16)17)4-10(15)13-5-9(6-13)7-14/h8-9,14H,4-7H2,1-3H3,(H,16,17). The Labute approximate surface area is 101 Å². The number of carboxylic acids is 1. The first-order valence-electron chi connectivity index (χ1n) is 5.93. The molecule has 0 saturated carbocycles. The molecule has 1 unspecified atom stereocenters. The van der Waals surface area contributed by atoms with Gasteiger partial charge in [0.1, 0.15) is 0 Å². The number of amides is 1. The molecule has 1 aliphatic heterocycles. The number of aliphatic hydroxyl groups is 1. The van der Waals surface area contributed by atoms with Crippen LogP contribution >= 0.6 is 0 Å². The van der Waals surface area contributed by atoms with Crippen LogP contribution in [0.3, 0.4) is 0 Å². The molecule has 0 aromatic rings. The predicted molar refractivity (Wildman–Crippen MR) is 62.4 cm³/mol. The van der Waals surface area contributed by atoms with Gasteiger partial charge >= 0.3 is 5.97 Å². The molecule has 0 aliphatic carbocycles. The lowest BCUT2D eigenvalue weighted by atomic mass is 9.75. The van der Waals surface area contributed by atoms with Crippen LogP contribution in [0.4, 0.5) is 0 Å². The number of likely N-dealkylation sites (tertiary alicyclic amines) is 1. The van der Waals surface area contributed by atoms with Gasteiger partial charge in [-0.05, 0) is 12.8 Å². The van der Waals surface area contributed by atoms with Crippen LogP contribution in [-0.2, 0) is 9.59 Å². The van der Waals surface area contributed by atoms with Crippen molar-refractivity contribution in [2.24, 2.45) is 17.3 Å². The van der Waals surface area contributed by atoms with Gasteiger partial charge in [0.25, 0.3) is 0 Å². The van der Waals surface area contributed by atoms with E-state index in [4.69, 9.17) is 5.11 Å². The Morgan fingerprint density at radius 3 is 2.29 bits per heavy atom. The maximum Gasteiger partial charge on any atom is 0.310 e. The van der Waals surface area contributed by atoms with Gasteiger partial charge in [-0.1, -0.05) is 13.8 Å². The number of aliphatic carboxylic acids is 1. The van der Waals surface area contributed by atoms with Crippen molar-refractivity contribution in [3.05, 3.63) is 0 Å². The maximum atomic E-state index is 11.9. The smallest absolute Gasteiger partial charge is 0.310 e. The van der Waals surface area contributed by atoms with E-state index in [-0.39, 0.29) is 30.8 Å². The zero-order valence-corrected chi connectivity index (χ0v) is 10.6. The average Bonchev–Trinajstić information content (AvgIpc) is 2.15. The van der Waals surface area contributed by atoms with Gasteiger partial charge in [0, 0.05) is 32.0 Å². The highest BCUT2D eigenvalue weighted by Gasteiger charge is 2.41. The van der Waals surface area contributed by atoms with Crippen LogP contribution in [0.15, 0.2) is 0 Å². The van der Waals surface area contributed by atoms with Crippen LogP contribution in [-0.4, -0.2) is 46.7 Å². The van der Waals surface area contributed by atoms with Crippen molar-refractivity contribution >= 4 is 11.9 Å². The first-order chi connectivity index (χ1) is 7.81. The summed E-state index contributed by atoms with van der Waals surface area (Å²) < 4.78 is 0. The van der Waals surface area contributed by atoms with Crippen molar-refractivity contribution in [2.45, 2.75) is 27.2 Å². The predicted octanol–water partition coefficient (Wildman–Crippen LogP) is 0.574. The zero-order chi connectivity index (χ0) is 13.2. The molecule has 1 fully saturated rings. The molecule has 0 bridgehead atoms. The van der Waals surface area contributed by atoms with Gasteiger partial charge in [-0.25, -0.2) is 0 Å². The van der Waals surface area contributed by atoms with E-state index in [1.54, 1.807) is 11.8 Å². The summed E-state index contributed by atoms with van der Waals surface area (Å²) in [4.78, 5) is 24.7. The van der Waals surface area contributed by atoms with Gasteiger partial charge in [-0.2, -0.15) is 0 Å². The van der Waals surface area contributed by atoms with E-state index in [2.05, 4.69) is 0 Å². The lowest BCUT2D eigenvalue weighted by Gasteiger charge is -2.40. The molecule has 0 aromatic heterocycles. The average molecular weight is 243 g/mol. The third-order valence-electron chi connectivity index (χ3n) is 3.85. The Hall–Kier alpha value is -1.10. The molecule has 0 spiro atoms. The van der Waals surface area contributed by atoms with Crippen molar-refractivity contribution in [3.8, 4) is 0 Å². The molecule has 0 aromatic carbocycles. The van der Waals surface area contributed by atoms with Crippen molar-refractivity contribution in [1.29, 1.82) is 0 Å². The van der Waals surface area contributed by atoms with Crippen molar-refractivity contribution in [1.82, 2.24) is 4.90 Å². The zero-order valence-electron chi connectivity index (χ0n) is 10.6. The van der Waals surface area contributed by atoms with E-state index >= 15 is 0 Å². The van der Waals surface area contributed by atoms with Gasteiger partial charge in [-0.3, -0.25) is 9.59 Å². The number of carbonyl (C=O) groups excluding carboxylic acids is 1. The van der Waals surface area contributed by atoms with E-state index < -0.39 is 11.4 Å². The highest BCUT2D eigenvalue weighted by atomic mass is 16.4. The second kappa shape index (κ2) is 5.04. The molecular formula is C12H21NO4. The Morgan fingerprint density at radius 1 is 1.41 bits per heavy atom. The fourth-order valence-electron chi connectivity index (χ4n) is 1.84. The molecule has 1 amide bonds. The summed E-state index contributed by atoms with van der Waals surface area (Å²) in [6, 6.07) is 0. The quantitative estimate of drug-likeness (QED) is 0.740. The largest absolute Gasteiger partial charge is 0.481 e. The van der Waals surface area contributed by atoms with E-state index in [0.717, 1.165) is 0 Å². The highest BCUT2D eigenvalue weighted by Crippen LogP contribution is 2.33. The number of hydrogen-bond acceptors (Lipinski definition) is 3. The molecule has 1 aliphatic rings. The van der Waals surface area contributed by atoms with Crippen LogP contribution in [0.5, 0.6) is 0 Å². The number of carbonyl (C=O) groups is 2. The number of nitrogens with zero attached hydrogens (tertiary/aromatic N) is 1. The monoisotopic (exact) mass is 243 g/mol. The number of rotatable bonds is 5. The molecule has 1 rings (SSSR count). The number of hydrogen-bond donors (Lipinski definition) is 2. The molecule has 17 heavy (non-hydrogen) atoms. The molecule has 5 heteroatoms. The fourth-order valence-corrected chi connectivity index (χ4v) is 1.84. The van der Waals surface area contributed by atoms with E-state index in [1.807, 2.05) is 13.8 Å². The van der Waals surface area contributed by atoms with Crippen LogP contribution in [0, 0.1) is 17.3 Å². The lowest BCUT2D eigenvalue weighted by molar-refractivity contribution is -0.157. The van der Waals surface area contributed by atoms with Crippen molar-refractivity contribution < 1.29 is 19.8 Å². The molecule has 1 heterocycles. The topological polar surface area (TPSA) is 77.8 Å². The highest BCUT2D eigenvalue weighted by molar-refractivity contribution is 5.85. The Balaban J connectivity index is 2.58. The second-order valence-corrected chi connectivity index (χ2v) is 5.40. The summed E-state index contributed by atoms with van der Waals surface area (Å²) in [6.45, 7) is 6.42. The van der Waals surface area contributed by atoms with Crippen LogP contribution in [0.25, 0.3) is 0 Å². The Bertz CT molecular complexity index is 310. The summed E-state index contributed by atoms with van der Waals surface area (Å²) in [5, 5.41) is 18.1. The van der Waals surface area contributed by atoms with Crippen LogP contribution in [0.1, 0.15) is 27.2 Å². The lowest BCUT2D eigenvalue weighted by Crippen LogP contribution is -2.53. The summed E-state index contributed by atoms with van der Waals surface area (Å²) in [6.07, 6.45) is 0.0259. The van der Waals surface area contributed by atoms with Gasteiger partial charge in [0.15, 0.2) is 0 Å². The molecule has 1 saturated heterocycles. The Morgan fingerprint density at radius 2 is 1.94 bits per heavy atom. The number of aliphatic hydroxyl groups excluding tert-OH is 1. The van der Waals surface area contributed by atoms with Gasteiger partial charge in [-0.15, -0.1) is 0 Å². The van der Waals surface area contributed by atoms with E-state index in [1.165, 1.54) is 0 Å². The van der Waals surface area contributed by atoms with Crippen molar-refractivity contribution in [2.75, 3.05) is 19.7 Å². The summed E-state index contributed by atoms with van der Waals surface area (Å²) in [5.41, 5.74) is -1.01. The second-order valence-electron chi connectivity index (χ2n) is 5.40. The normalized spacial score (nSPS) is 19.9. The van der Waals surface area contributed by atoms with E-state index in [0.29, 0.717) is 13.1 Å². The summed E-state index contributed by atoms with van der Waals surface area (Å²) in [7, 11) is 0. The van der Waals surface area contributed by atoms with E-state index in [9.17, 15) is 14.7 Å². The summed E-state index contributed by atoms with van der Waals surface area (Å²) in [5.74, 6) is -0.999. The molecule has 0 radical (unpaired) electrons. The minimum absolute atomic E-state index is 0.0259. The number of carboxylic acid groups (broad SMARTS) is 1. The molecule has 98 valence electrons. The molecule has 5 nitrogen and oxygen atoms in total. The molecule has 1 atom stereocenters. The third-order valence-corrected chi connectivity index (χ3v) is 3.85. The SMILES string of the molecule is CC(C)C(C)(CC(=O)N1CC(CO)C1)C(=O)O. The first kappa shape index (κ1) is 14.0. The minimum atomic E-state index is -1.01. The van der Waals surface area contributed by atoms with Gasteiger partial charge in [0.2, 0.25) is 5.91 Å². The van der Waals surface area contributed by atoms with Gasteiger partial charge in [0.05, 0.1) is 5.41 Å². The third kappa shape index (κ3) is 2.77. The van der Waals surface area contributed by atoms with Gasteiger partial charge < -0.3 is 15.1 Å². The molecule has 2 N–H and O–H groups in total.